The molecule has 0 aromatic heterocycles. The Morgan fingerprint density at radius 2 is 2.18 bits per heavy atom. The van der Waals surface area contributed by atoms with Gasteiger partial charge in [0.15, 0.2) is 0 Å². The van der Waals surface area contributed by atoms with E-state index in [4.69, 9.17) is 0 Å². The second kappa shape index (κ2) is 5.69. The minimum atomic E-state index is 0. The van der Waals surface area contributed by atoms with Crippen LogP contribution in [0.1, 0.15) is 13.3 Å². The van der Waals surface area contributed by atoms with Crippen molar-refractivity contribution in [3.8, 4) is 0 Å². The van der Waals surface area contributed by atoms with Crippen LogP contribution in [-0.2, 0) is 9.59 Å². The van der Waals surface area contributed by atoms with Crippen molar-refractivity contribution in [2.45, 2.75) is 19.4 Å². The Morgan fingerprint density at radius 1 is 1.53 bits per heavy atom. The number of halogens is 1. The van der Waals surface area contributed by atoms with Crippen LogP contribution in [0.3, 0.4) is 0 Å². The van der Waals surface area contributed by atoms with Gasteiger partial charge in [-0.3, -0.25) is 9.59 Å². The second-order valence-corrected chi connectivity index (χ2v) is 4.89. The number of rotatable bonds is 3. The predicted octanol–water partition coefficient (Wildman–Crippen LogP) is -0.389. The molecule has 0 aromatic rings. The number of likely N-dealkylation sites (tertiary alicyclic amines) is 1. The first-order valence-corrected chi connectivity index (χ1v) is 5.83. The van der Waals surface area contributed by atoms with Crippen LogP contribution in [0.15, 0.2) is 0 Å². The zero-order chi connectivity index (χ0) is 11.7. The monoisotopic (exact) mass is 261 g/mol. The van der Waals surface area contributed by atoms with Crippen molar-refractivity contribution in [2.75, 3.05) is 26.7 Å². The van der Waals surface area contributed by atoms with Crippen LogP contribution in [0.4, 0.5) is 0 Å². The number of carbonyl (C=O) groups is 2. The summed E-state index contributed by atoms with van der Waals surface area (Å²) in [6, 6.07) is 0.000450. The molecule has 2 aliphatic heterocycles. The van der Waals surface area contributed by atoms with Crippen LogP contribution in [-0.4, -0.2) is 49.4 Å². The molecule has 2 amide bonds. The van der Waals surface area contributed by atoms with E-state index in [-0.39, 0.29) is 36.2 Å². The maximum atomic E-state index is 11.9. The molecule has 5 nitrogen and oxygen atoms in total. The molecule has 2 heterocycles. The molecule has 2 N–H and O–H groups in total. The van der Waals surface area contributed by atoms with Gasteiger partial charge in [-0.25, -0.2) is 0 Å². The normalized spacial score (nSPS) is 26.1. The highest BCUT2D eigenvalue weighted by atomic mass is 35.5. The fourth-order valence-electron chi connectivity index (χ4n) is 2.17. The van der Waals surface area contributed by atoms with Crippen molar-refractivity contribution in [3.05, 3.63) is 0 Å². The lowest BCUT2D eigenvalue weighted by Crippen LogP contribution is -2.51. The molecule has 0 spiro atoms. The molecule has 17 heavy (non-hydrogen) atoms. The van der Waals surface area contributed by atoms with Gasteiger partial charge in [0.1, 0.15) is 0 Å². The maximum absolute atomic E-state index is 11.9. The Kier molecular flexibility index (Phi) is 4.77. The van der Waals surface area contributed by atoms with Crippen molar-refractivity contribution < 1.29 is 9.59 Å². The van der Waals surface area contributed by atoms with Gasteiger partial charge in [-0.1, -0.05) is 6.92 Å². The molecule has 2 saturated heterocycles. The van der Waals surface area contributed by atoms with Gasteiger partial charge in [-0.05, 0) is 19.0 Å². The van der Waals surface area contributed by atoms with Gasteiger partial charge >= 0.3 is 0 Å². The van der Waals surface area contributed by atoms with Crippen molar-refractivity contribution in [1.29, 1.82) is 0 Å². The van der Waals surface area contributed by atoms with Gasteiger partial charge in [-0.2, -0.15) is 0 Å². The summed E-state index contributed by atoms with van der Waals surface area (Å²) in [6.45, 7) is 4.46. The molecule has 2 atom stereocenters. The van der Waals surface area contributed by atoms with Crippen LogP contribution < -0.4 is 10.6 Å². The van der Waals surface area contributed by atoms with E-state index in [0.29, 0.717) is 18.9 Å². The molecule has 0 bridgehead atoms. The molecule has 98 valence electrons. The molecule has 2 unspecified atom stereocenters. The quantitative estimate of drug-likeness (QED) is 0.728. The Morgan fingerprint density at radius 3 is 2.59 bits per heavy atom. The van der Waals surface area contributed by atoms with E-state index in [2.05, 4.69) is 10.6 Å². The minimum Gasteiger partial charge on any atom is -0.351 e. The van der Waals surface area contributed by atoms with Crippen LogP contribution in [0.5, 0.6) is 0 Å². The Balaban J connectivity index is 0.00000144. The third kappa shape index (κ3) is 3.10. The third-order valence-electron chi connectivity index (χ3n) is 3.62. The van der Waals surface area contributed by atoms with Crippen molar-refractivity contribution in [1.82, 2.24) is 15.5 Å². The zero-order valence-corrected chi connectivity index (χ0v) is 11.0. The first kappa shape index (κ1) is 14.3. The van der Waals surface area contributed by atoms with E-state index < -0.39 is 0 Å². The maximum Gasteiger partial charge on any atom is 0.224 e. The van der Waals surface area contributed by atoms with Crippen molar-refractivity contribution in [3.63, 3.8) is 0 Å². The minimum absolute atomic E-state index is 0. The summed E-state index contributed by atoms with van der Waals surface area (Å²) in [5, 5.41) is 6.12. The number of carbonyl (C=O) groups excluding carboxylic acids is 2. The average Bonchev–Trinajstić information content (AvgIpc) is 2.42. The third-order valence-corrected chi connectivity index (χ3v) is 3.62. The lowest BCUT2D eigenvalue weighted by Gasteiger charge is -2.32. The van der Waals surface area contributed by atoms with Gasteiger partial charge in [0.05, 0.1) is 6.04 Å². The first-order valence-electron chi connectivity index (χ1n) is 5.83. The van der Waals surface area contributed by atoms with E-state index in [1.165, 1.54) is 0 Å². The summed E-state index contributed by atoms with van der Waals surface area (Å²) < 4.78 is 0. The van der Waals surface area contributed by atoms with Crippen molar-refractivity contribution in [2.24, 2.45) is 11.8 Å². The van der Waals surface area contributed by atoms with Crippen LogP contribution in [0, 0.1) is 11.8 Å². The summed E-state index contributed by atoms with van der Waals surface area (Å²) in [4.78, 5) is 24.8. The highest BCUT2D eigenvalue weighted by Crippen LogP contribution is 2.17. The van der Waals surface area contributed by atoms with Crippen molar-refractivity contribution >= 4 is 24.2 Å². The highest BCUT2D eigenvalue weighted by molar-refractivity contribution is 5.85. The molecule has 0 aromatic carbocycles. The summed E-state index contributed by atoms with van der Waals surface area (Å²) in [7, 11) is 1.77. The summed E-state index contributed by atoms with van der Waals surface area (Å²) in [5.74, 6) is 0.694. The Bertz CT molecular complexity index is 307. The number of amides is 2. The van der Waals surface area contributed by atoms with Gasteiger partial charge in [0.2, 0.25) is 11.8 Å². The largest absolute Gasteiger partial charge is 0.351 e. The van der Waals surface area contributed by atoms with Gasteiger partial charge in [0.25, 0.3) is 0 Å². The number of likely N-dealkylation sites (N-methyl/N-ethyl adjacent to an activating group) is 1. The molecule has 0 radical (unpaired) electrons. The van der Waals surface area contributed by atoms with Crippen LogP contribution >= 0.6 is 12.4 Å². The molecule has 2 aliphatic rings. The lowest BCUT2D eigenvalue weighted by molar-refractivity contribution is -0.127. The van der Waals surface area contributed by atoms with E-state index in [1.807, 2.05) is 6.92 Å². The summed E-state index contributed by atoms with van der Waals surface area (Å²) >= 11 is 0. The molecule has 6 heteroatoms. The van der Waals surface area contributed by atoms with Crippen LogP contribution in [0.25, 0.3) is 0 Å². The average molecular weight is 262 g/mol. The Labute approximate surface area is 108 Å². The number of nitrogens with zero attached hydrogens (tertiary/aromatic N) is 1. The number of hydrogen-bond acceptors (Lipinski definition) is 3. The number of nitrogens with one attached hydrogen (secondary N) is 2. The van der Waals surface area contributed by atoms with E-state index in [9.17, 15) is 9.59 Å². The van der Waals surface area contributed by atoms with E-state index in [1.54, 1.807) is 11.9 Å². The molecule has 2 rings (SSSR count). The molecule has 0 aliphatic carbocycles. The fraction of sp³-hybridized carbons (Fsp3) is 0.818. The second-order valence-electron chi connectivity index (χ2n) is 4.89. The fourth-order valence-corrected chi connectivity index (χ4v) is 2.17. The standard InChI is InChI=1S/C11H19N3O2.ClH/c1-7(8-4-12-5-8)11(16)13-9-3-10(15)14(2)6-9;/h7-9,12H,3-6H2,1-2H3,(H,13,16);1H. The van der Waals surface area contributed by atoms with E-state index in [0.717, 1.165) is 13.1 Å². The Hall–Kier alpha value is -0.810. The first-order chi connectivity index (χ1) is 7.58. The lowest BCUT2D eigenvalue weighted by atomic mass is 9.88. The summed E-state index contributed by atoms with van der Waals surface area (Å²) in [5.41, 5.74) is 0. The summed E-state index contributed by atoms with van der Waals surface area (Å²) in [6.07, 6.45) is 0.442. The molecule has 0 saturated carbocycles. The van der Waals surface area contributed by atoms with Gasteiger partial charge < -0.3 is 15.5 Å². The van der Waals surface area contributed by atoms with Crippen LogP contribution in [0.2, 0.25) is 0 Å². The topological polar surface area (TPSA) is 61.4 Å². The predicted molar refractivity (Wildman–Crippen MR) is 67.0 cm³/mol. The molecular weight excluding hydrogens is 242 g/mol. The zero-order valence-electron chi connectivity index (χ0n) is 10.2. The molecule has 2 fully saturated rings. The highest BCUT2D eigenvalue weighted by Gasteiger charge is 2.32. The SMILES string of the molecule is CC(C(=O)NC1CC(=O)N(C)C1)C1CNC1.Cl. The molecular formula is C11H20ClN3O2. The number of hydrogen-bond donors (Lipinski definition) is 2. The van der Waals surface area contributed by atoms with E-state index >= 15 is 0 Å². The smallest absolute Gasteiger partial charge is 0.224 e. The van der Waals surface area contributed by atoms with Gasteiger partial charge in [0, 0.05) is 25.9 Å². The van der Waals surface area contributed by atoms with Gasteiger partial charge in [-0.15, -0.1) is 12.4 Å².